The van der Waals surface area contributed by atoms with Crippen molar-refractivity contribution in [1.82, 2.24) is 10.3 Å². The molecule has 4 heteroatoms. The molecule has 0 aliphatic heterocycles. The molecule has 3 aliphatic rings. The van der Waals surface area contributed by atoms with Crippen LogP contribution in [0.15, 0.2) is 0 Å². The molecule has 3 aliphatic carbocycles. The van der Waals surface area contributed by atoms with Gasteiger partial charge in [0.15, 0.2) is 5.13 Å². The van der Waals surface area contributed by atoms with Gasteiger partial charge < -0.3 is 10.2 Å². The molecule has 0 atom stereocenters. The molecule has 0 aromatic carbocycles. The van der Waals surface area contributed by atoms with Gasteiger partial charge in [0.05, 0.1) is 5.69 Å². The first-order chi connectivity index (χ1) is 10.3. The quantitative estimate of drug-likeness (QED) is 0.753. The highest BCUT2D eigenvalue weighted by atomic mass is 32.1. The second-order valence-corrected chi connectivity index (χ2v) is 8.21. The van der Waals surface area contributed by atoms with E-state index in [1.54, 1.807) is 0 Å². The summed E-state index contributed by atoms with van der Waals surface area (Å²) in [6.07, 6.45) is 8.46. The summed E-state index contributed by atoms with van der Waals surface area (Å²) in [5.41, 5.74) is 1.42. The maximum Gasteiger partial charge on any atom is 0.185 e. The van der Waals surface area contributed by atoms with Gasteiger partial charge in [0, 0.05) is 30.4 Å². The van der Waals surface area contributed by atoms with E-state index in [1.807, 2.05) is 11.3 Å². The van der Waals surface area contributed by atoms with Crippen molar-refractivity contribution < 1.29 is 0 Å². The Morgan fingerprint density at radius 2 is 1.76 bits per heavy atom. The van der Waals surface area contributed by atoms with E-state index in [1.165, 1.54) is 67.3 Å². The lowest BCUT2D eigenvalue weighted by Crippen LogP contribution is -2.27. The van der Waals surface area contributed by atoms with E-state index in [0.717, 1.165) is 30.8 Å². The van der Waals surface area contributed by atoms with E-state index in [0.29, 0.717) is 0 Å². The number of nitrogens with zero attached hydrogens (tertiary/aromatic N) is 2. The lowest BCUT2D eigenvalue weighted by atomic mass is 10.2. The Labute approximate surface area is 132 Å². The van der Waals surface area contributed by atoms with E-state index in [2.05, 4.69) is 17.1 Å². The van der Waals surface area contributed by atoms with Gasteiger partial charge in [0.2, 0.25) is 0 Å². The highest BCUT2D eigenvalue weighted by Gasteiger charge is 2.33. The second kappa shape index (κ2) is 5.88. The van der Waals surface area contributed by atoms with Gasteiger partial charge in [-0.25, -0.2) is 4.98 Å². The minimum Gasteiger partial charge on any atom is -0.348 e. The molecule has 1 N–H and O–H groups in total. The molecule has 3 saturated carbocycles. The summed E-state index contributed by atoms with van der Waals surface area (Å²) in [7, 11) is 0. The molecule has 1 heterocycles. The lowest BCUT2D eigenvalue weighted by Gasteiger charge is -2.21. The summed E-state index contributed by atoms with van der Waals surface area (Å²) in [5, 5.41) is 4.82. The molecule has 0 amide bonds. The van der Waals surface area contributed by atoms with E-state index in [4.69, 9.17) is 4.98 Å². The largest absolute Gasteiger partial charge is 0.348 e. The van der Waals surface area contributed by atoms with Gasteiger partial charge in [-0.2, -0.15) is 0 Å². The Kier molecular flexibility index (Phi) is 3.92. The smallest absolute Gasteiger partial charge is 0.185 e. The van der Waals surface area contributed by atoms with Crippen molar-refractivity contribution in [3.8, 4) is 0 Å². The first-order valence-corrected chi connectivity index (χ1v) is 9.60. The Morgan fingerprint density at radius 1 is 1.10 bits per heavy atom. The molecule has 0 spiro atoms. The first-order valence-electron chi connectivity index (χ1n) is 8.78. The van der Waals surface area contributed by atoms with Crippen molar-refractivity contribution in [2.24, 2.45) is 11.8 Å². The topological polar surface area (TPSA) is 28.2 Å². The Bertz CT molecular complexity index is 472. The number of hydrogen-bond acceptors (Lipinski definition) is 4. The fourth-order valence-corrected chi connectivity index (χ4v) is 4.12. The standard InChI is InChI=1S/C17H27N3S/c1-2-18-9-15-16(14-7-8-14)19-17(21-15)20(10-12-3-4-12)11-13-5-6-13/h12-14,18H,2-11H2,1H3. The van der Waals surface area contributed by atoms with Crippen LogP contribution in [-0.4, -0.2) is 24.6 Å². The van der Waals surface area contributed by atoms with E-state index < -0.39 is 0 Å². The fourth-order valence-electron chi connectivity index (χ4n) is 2.98. The summed E-state index contributed by atoms with van der Waals surface area (Å²) < 4.78 is 0. The average molecular weight is 305 g/mol. The van der Waals surface area contributed by atoms with E-state index >= 15 is 0 Å². The number of rotatable bonds is 9. The Hall–Kier alpha value is -0.610. The predicted octanol–water partition coefficient (Wildman–Crippen LogP) is 3.76. The normalized spacial score (nSPS) is 21.8. The molecule has 0 unspecified atom stereocenters. The van der Waals surface area contributed by atoms with Crippen LogP contribution in [0.2, 0.25) is 0 Å². The Balaban J connectivity index is 1.52. The predicted molar refractivity (Wildman–Crippen MR) is 89.1 cm³/mol. The summed E-state index contributed by atoms with van der Waals surface area (Å²) >= 11 is 1.97. The highest BCUT2D eigenvalue weighted by Crippen LogP contribution is 2.45. The zero-order chi connectivity index (χ0) is 14.2. The van der Waals surface area contributed by atoms with Crippen LogP contribution in [0.3, 0.4) is 0 Å². The number of anilines is 1. The zero-order valence-electron chi connectivity index (χ0n) is 13.1. The average Bonchev–Trinajstić information content (AvgIpc) is 3.31. The van der Waals surface area contributed by atoms with E-state index in [9.17, 15) is 0 Å². The van der Waals surface area contributed by atoms with Crippen molar-refractivity contribution in [2.45, 2.75) is 57.9 Å². The lowest BCUT2D eigenvalue weighted by molar-refractivity contribution is 0.676. The van der Waals surface area contributed by atoms with E-state index in [-0.39, 0.29) is 0 Å². The van der Waals surface area contributed by atoms with Crippen LogP contribution in [0.5, 0.6) is 0 Å². The third-order valence-electron chi connectivity index (χ3n) is 4.84. The van der Waals surface area contributed by atoms with Gasteiger partial charge in [-0.3, -0.25) is 0 Å². The zero-order valence-corrected chi connectivity index (χ0v) is 13.9. The monoisotopic (exact) mass is 305 g/mol. The van der Waals surface area contributed by atoms with Crippen molar-refractivity contribution >= 4 is 16.5 Å². The molecule has 3 nitrogen and oxygen atoms in total. The molecule has 21 heavy (non-hydrogen) atoms. The summed E-state index contributed by atoms with van der Waals surface area (Å²) in [6, 6.07) is 0. The van der Waals surface area contributed by atoms with Crippen molar-refractivity contribution in [2.75, 3.05) is 24.5 Å². The molecule has 4 rings (SSSR count). The summed E-state index contributed by atoms with van der Waals surface area (Å²) in [6.45, 7) is 6.76. The second-order valence-electron chi connectivity index (χ2n) is 7.15. The number of thiazole rings is 1. The maximum atomic E-state index is 5.09. The van der Waals surface area contributed by atoms with Gasteiger partial charge in [-0.1, -0.05) is 6.92 Å². The minimum absolute atomic E-state index is 0.771. The molecular formula is C17H27N3S. The van der Waals surface area contributed by atoms with Gasteiger partial charge in [-0.15, -0.1) is 11.3 Å². The Morgan fingerprint density at radius 3 is 2.29 bits per heavy atom. The fraction of sp³-hybridized carbons (Fsp3) is 0.824. The van der Waals surface area contributed by atoms with Crippen LogP contribution in [0.25, 0.3) is 0 Å². The number of aromatic nitrogens is 1. The maximum absolute atomic E-state index is 5.09. The molecule has 3 fully saturated rings. The first kappa shape index (κ1) is 14.0. The van der Waals surface area contributed by atoms with Crippen LogP contribution < -0.4 is 10.2 Å². The minimum atomic E-state index is 0.771. The molecule has 0 bridgehead atoms. The third kappa shape index (κ3) is 3.59. The van der Waals surface area contributed by atoms with Gasteiger partial charge in [0.25, 0.3) is 0 Å². The molecule has 1 aromatic heterocycles. The van der Waals surface area contributed by atoms with Gasteiger partial charge >= 0.3 is 0 Å². The van der Waals surface area contributed by atoms with Crippen molar-refractivity contribution in [3.63, 3.8) is 0 Å². The van der Waals surface area contributed by atoms with Gasteiger partial charge in [0.1, 0.15) is 0 Å². The van der Waals surface area contributed by atoms with Crippen LogP contribution >= 0.6 is 11.3 Å². The van der Waals surface area contributed by atoms with Crippen molar-refractivity contribution in [1.29, 1.82) is 0 Å². The summed E-state index contributed by atoms with van der Waals surface area (Å²) in [5.74, 6) is 2.68. The highest BCUT2D eigenvalue weighted by molar-refractivity contribution is 7.15. The molecule has 116 valence electrons. The molecule has 1 aromatic rings. The van der Waals surface area contributed by atoms with Crippen LogP contribution in [-0.2, 0) is 6.54 Å². The van der Waals surface area contributed by atoms with Crippen LogP contribution in [0, 0.1) is 11.8 Å². The molecule has 0 radical (unpaired) electrons. The van der Waals surface area contributed by atoms with Crippen LogP contribution in [0.4, 0.5) is 5.13 Å². The van der Waals surface area contributed by atoms with Crippen molar-refractivity contribution in [3.05, 3.63) is 10.6 Å². The van der Waals surface area contributed by atoms with Gasteiger partial charge in [-0.05, 0) is 56.9 Å². The summed E-state index contributed by atoms with van der Waals surface area (Å²) in [4.78, 5) is 9.22. The number of nitrogens with one attached hydrogen (secondary N) is 1. The number of hydrogen-bond donors (Lipinski definition) is 1. The van der Waals surface area contributed by atoms with Crippen LogP contribution in [0.1, 0.15) is 61.9 Å². The third-order valence-corrected chi connectivity index (χ3v) is 5.97. The SMILES string of the molecule is CCNCc1sc(N(CC2CC2)CC2CC2)nc1C1CC1. The molecular weight excluding hydrogens is 278 g/mol. The molecule has 0 saturated heterocycles.